The van der Waals surface area contributed by atoms with E-state index in [-0.39, 0.29) is 17.9 Å². The van der Waals surface area contributed by atoms with Crippen molar-refractivity contribution in [1.29, 1.82) is 0 Å². The van der Waals surface area contributed by atoms with Crippen LogP contribution >= 0.6 is 0 Å². The molecule has 1 heterocycles. The van der Waals surface area contributed by atoms with Crippen LogP contribution in [-0.2, 0) is 9.59 Å². The van der Waals surface area contributed by atoms with E-state index in [1.807, 2.05) is 0 Å². The van der Waals surface area contributed by atoms with Crippen LogP contribution in [0.1, 0.15) is 6.42 Å². The van der Waals surface area contributed by atoms with Gasteiger partial charge in [-0.25, -0.2) is 4.99 Å². The van der Waals surface area contributed by atoms with Gasteiger partial charge in [-0.15, -0.1) is 0 Å². The molecule has 0 unspecified atom stereocenters. The van der Waals surface area contributed by atoms with Crippen LogP contribution in [0.5, 0.6) is 0 Å². The maximum atomic E-state index is 10.6. The second-order valence-electron chi connectivity index (χ2n) is 1.59. The summed E-state index contributed by atoms with van der Waals surface area (Å²) in [6.45, 7) is 0. The second-order valence-corrected chi connectivity index (χ2v) is 1.59. The molecule has 9 heavy (non-hydrogen) atoms. The Morgan fingerprint density at radius 3 is 2.89 bits per heavy atom. The van der Waals surface area contributed by atoms with E-state index >= 15 is 0 Å². The van der Waals surface area contributed by atoms with E-state index in [2.05, 4.69) is 4.99 Å². The molecule has 0 saturated carbocycles. The molecule has 0 atom stereocenters. The molecule has 0 saturated heterocycles. The molecule has 1 aliphatic heterocycles. The number of ketones is 1. The smallest absolute Gasteiger partial charge is 0.257 e. The van der Waals surface area contributed by atoms with E-state index < -0.39 is 0 Å². The van der Waals surface area contributed by atoms with E-state index in [1.54, 1.807) is 6.08 Å². The van der Waals surface area contributed by atoms with Crippen molar-refractivity contribution in [2.45, 2.75) is 6.42 Å². The minimum atomic E-state index is -0.257. The van der Waals surface area contributed by atoms with E-state index in [0.717, 1.165) is 0 Å². The van der Waals surface area contributed by atoms with Gasteiger partial charge in [0.15, 0.2) is 11.5 Å². The van der Waals surface area contributed by atoms with Crippen molar-refractivity contribution in [2.75, 3.05) is 0 Å². The average molecular weight is 122 g/mol. The summed E-state index contributed by atoms with van der Waals surface area (Å²) in [4.78, 5) is 23.9. The molecule has 0 fully saturated rings. The summed E-state index contributed by atoms with van der Waals surface area (Å²) < 4.78 is 0. The zero-order chi connectivity index (χ0) is 6.69. The Morgan fingerprint density at radius 2 is 2.44 bits per heavy atom. The Labute approximate surface area is 52.1 Å². The highest BCUT2D eigenvalue weighted by Crippen LogP contribution is 1.95. The number of rotatable bonds is 1. The molecule has 0 aromatic rings. The van der Waals surface area contributed by atoms with Crippen LogP contribution in [0.4, 0.5) is 0 Å². The molecule has 0 aromatic carbocycles. The maximum Gasteiger partial charge on any atom is 0.257 e. The van der Waals surface area contributed by atoms with Crippen molar-refractivity contribution in [3.05, 3.63) is 12.3 Å². The molecule has 1 radical (unpaired) electrons. The third-order valence-electron chi connectivity index (χ3n) is 0.973. The molecule has 3 heteroatoms. The van der Waals surface area contributed by atoms with Gasteiger partial charge in [0.1, 0.15) is 0 Å². The fourth-order valence-corrected chi connectivity index (χ4v) is 0.539. The van der Waals surface area contributed by atoms with Gasteiger partial charge < -0.3 is 0 Å². The summed E-state index contributed by atoms with van der Waals surface area (Å²) in [5.74, 6) is -0.257. The van der Waals surface area contributed by atoms with Crippen molar-refractivity contribution in [3.63, 3.8) is 0 Å². The van der Waals surface area contributed by atoms with Gasteiger partial charge in [-0.2, -0.15) is 0 Å². The normalized spacial score (nSPS) is 17.3. The largest absolute Gasteiger partial charge is 0.292 e. The van der Waals surface area contributed by atoms with Gasteiger partial charge in [-0.3, -0.25) is 9.59 Å². The molecule has 0 bridgehead atoms. The SMILES string of the molecule is O=[C]C1=NC=CCC1=O. The molecule has 0 N–H and O–H groups in total. The molecule has 45 valence electrons. The van der Waals surface area contributed by atoms with Crippen LogP contribution < -0.4 is 0 Å². The summed E-state index contributed by atoms with van der Waals surface area (Å²) in [6, 6.07) is 0. The Bertz CT molecular complexity index is 203. The van der Waals surface area contributed by atoms with Crippen LogP contribution in [-0.4, -0.2) is 17.8 Å². The van der Waals surface area contributed by atoms with E-state index in [1.165, 1.54) is 12.5 Å². The summed E-state index contributed by atoms with van der Waals surface area (Å²) in [5, 5.41) is 0. The summed E-state index contributed by atoms with van der Waals surface area (Å²) in [7, 11) is 0. The van der Waals surface area contributed by atoms with E-state index in [9.17, 15) is 9.59 Å². The Morgan fingerprint density at radius 1 is 1.67 bits per heavy atom. The number of hydrogen-bond acceptors (Lipinski definition) is 3. The number of hydrogen-bond donors (Lipinski definition) is 0. The van der Waals surface area contributed by atoms with Crippen LogP contribution in [0.2, 0.25) is 0 Å². The highest BCUT2D eigenvalue weighted by molar-refractivity contribution is 6.60. The lowest BCUT2D eigenvalue weighted by Crippen LogP contribution is -2.15. The molecular weight excluding hydrogens is 118 g/mol. The molecule has 1 rings (SSSR count). The van der Waals surface area contributed by atoms with Crippen molar-refractivity contribution in [1.82, 2.24) is 0 Å². The van der Waals surface area contributed by atoms with Crippen molar-refractivity contribution in [2.24, 2.45) is 4.99 Å². The first kappa shape index (κ1) is 5.88. The number of aliphatic imine (C=N–C) groups is 1. The topological polar surface area (TPSA) is 46.5 Å². The van der Waals surface area contributed by atoms with Gasteiger partial charge in [0.2, 0.25) is 0 Å². The van der Waals surface area contributed by atoms with Gasteiger partial charge in [-0.05, 0) is 0 Å². The predicted molar refractivity (Wildman–Crippen MR) is 31.9 cm³/mol. The molecular formula is C6H4NO2. The van der Waals surface area contributed by atoms with Crippen LogP contribution in [0.25, 0.3) is 0 Å². The molecule has 3 nitrogen and oxygen atoms in total. The monoisotopic (exact) mass is 122 g/mol. The number of carbonyl (C=O) groups excluding carboxylic acids is 2. The van der Waals surface area contributed by atoms with Crippen LogP contribution in [0, 0.1) is 0 Å². The van der Waals surface area contributed by atoms with Gasteiger partial charge in [0.05, 0.1) is 0 Å². The maximum absolute atomic E-state index is 10.6. The van der Waals surface area contributed by atoms with Gasteiger partial charge in [0, 0.05) is 12.6 Å². The number of allylic oxidation sites excluding steroid dienone is 1. The standard InChI is InChI=1S/C6H4NO2/c8-4-5-6(9)2-1-3-7-5/h1,3H,2H2. The Balaban J connectivity index is 2.86. The third-order valence-corrected chi connectivity index (χ3v) is 0.973. The van der Waals surface area contributed by atoms with Crippen molar-refractivity contribution < 1.29 is 9.59 Å². The summed E-state index contributed by atoms with van der Waals surface area (Å²) in [5.41, 5.74) is -0.0995. The fraction of sp³-hybridized carbons (Fsp3) is 0.167. The van der Waals surface area contributed by atoms with Crippen LogP contribution in [0.15, 0.2) is 17.3 Å². The third kappa shape index (κ3) is 1.10. The van der Waals surface area contributed by atoms with Crippen molar-refractivity contribution in [3.8, 4) is 0 Å². The molecule has 0 aliphatic carbocycles. The van der Waals surface area contributed by atoms with Gasteiger partial charge >= 0.3 is 0 Å². The average Bonchev–Trinajstić information content (AvgIpc) is 1.89. The minimum Gasteiger partial charge on any atom is -0.292 e. The first-order valence-corrected chi connectivity index (χ1v) is 2.49. The quantitative estimate of drug-likeness (QED) is 0.492. The molecule has 0 aromatic heterocycles. The lowest BCUT2D eigenvalue weighted by molar-refractivity contribution is -0.112. The van der Waals surface area contributed by atoms with Gasteiger partial charge in [0.25, 0.3) is 6.29 Å². The fourth-order valence-electron chi connectivity index (χ4n) is 0.539. The zero-order valence-electron chi connectivity index (χ0n) is 4.63. The summed E-state index contributed by atoms with van der Waals surface area (Å²) in [6.07, 6.45) is 4.76. The lowest BCUT2D eigenvalue weighted by Gasteiger charge is -1.95. The van der Waals surface area contributed by atoms with E-state index in [0.29, 0.717) is 0 Å². The molecule has 1 aliphatic rings. The summed E-state index contributed by atoms with van der Waals surface area (Å²) >= 11 is 0. The minimum absolute atomic E-state index is 0.0995. The number of nitrogens with zero attached hydrogens (tertiary/aromatic N) is 1. The molecule has 0 spiro atoms. The highest BCUT2D eigenvalue weighted by Gasteiger charge is 2.10. The zero-order valence-corrected chi connectivity index (χ0v) is 4.63. The number of Topliss-reactive ketones (excluding diaryl/α,β-unsaturated/α-hetero) is 1. The highest BCUT2D eigenvalue weighted by atomic mass is 16.1. The van der Waals surface area contributed by atoms with E-state index in [4.69, 9.17) is 0 Å². The molecule has 0 amide bonds. The number of carbonyl (C=O) groups is 1. The Kier molecular flexibility index (Phi) is 1.53. The van der Waals surface area contributed by atoms with Crippen LogP contribution in [0.3, 0.4) is 0 Å². The van der Waals surface area contributed by atoms with Crippen molar-refractivity contribution >= 4 is 17.8 Å². The Hall–Kier alpha value is -1.25. The predicted octanol–water partition coefficient (Wildman–Crippen LogP) is 0.0236. The first-order chi connectivity index (χ1) is 4.34. The first-order valence-electron chi connectivity index (χ1n) is 2.49. The lowest BCUT2D eigenvalue weighted by atomic mass is 10.2. The van der Waals surface area contributed by atoms with Gasteiger partial charge in [-0.1, -0.05) is 6.08 Å². The second kappa shape index (κ2) is 2.35.